The molecule has 0 aliphatic carbocycles. The van der Waals surface area contributed by atoms with Crippen LogP contribution >= 0.6 is 31.9 Å². The Morgan fingerprint density at radius 1 is 1.31 bits per heavy atom. The van der Waals surface area contributed by atoms with Gasteiger partial charge in [-0.3, -0.25) is 0 Å². The van der Waals surface area contributed by atoms with Crippen molar-refractivity contribution in [1.29, 1.82) is 0 Å². The highest BCUT2D eigenvalue weighted by Gasteiger charge is 2.37. The molecule has 7 heteroatoms. The third kappa shape index (κ3) is 3.65. The lowest BCUT2D eigenvalue weighted by Gasteiger charge is -2.16. The molecule has 0 saturated carbocycles. The first-order chi connectivity index (χ1) is 7.47. The van der Waals surface area contributed by atoms with Crippen molar-refractivity contribution in [1.82, 2.24) is 0 Å². The second-order valence-corrected chi connectivity index (χ2v) is 7.04. The number of benzene rings is 1. The van der Waals surface area contributed by atoms with Gasteiger partial charge in [0.25, 0.3) is 3.42 Å². The fourth-order valence-electron chi connectivity index (χ4n) is 0.828. The number of ether oxygens (including phenoxy) is 1. The first kappa shape index (κ1) is 13.8. The van der Waals surface area contributed by atoms with Gasteiger partial charge in [0.15, 0.2) is 11.1 Å². The van der Waals surface area contributed by atoms with E-state index in [2.05, 4.69) is 36.6 Å². The Morgan fingerprint density at radius 2 is 1.88 bits per heavy atom. The SMILES string of the molecule is COC(=O)C(Br)(Br)OS(=O)c1ccccc1. The van der Waals surface area contributed by atoms with Crippen LogP contribution in [0.2, 0.25) is 0 Å². The summed E-state index contributed by atoms with van der Waals surface area (Å²) < 4.78 is 19.6. The average molecular weight is 372 g/mol. The predicted molar refractivity (Wildman–Crippen MR) is 66.5 cm³/mol. The summed E-state index contributed by atoms with van der Waals surface area (Å²) >= 11 is 4.10. The molecule has 0 aliphatic rings. The van der Waals surface area contributed by atoms with E-state index >= 15 is 0 Å². The average Bonchev–Trinajstić information content (AvgIpc) is 2.28. The second kappa shape index (κ2) is 5.90. The molecule has 1 rings (SSSR count). The van der Waals surface area contributed by atoms with Crippen molar-refractivity contribution in [2.45, 2.75) is 8.32 Å². The van der Waals surface area contributed by atoms with Gasteiger partial charge in [0.2, 0.25) is 0 Å². The quantitative estimate of drug-likeness (QED) is 0.602. The first-order valence-electron chi connectivity index (χ1n) is 4.10. The highest BCUT2D eigenvalue weighted by molar-refractivity contribution is 9.25. The van der Waals surface area contributed by atoms with Gasteiger partial charge in [-0.2, -0.15) is 0 Å². The van der Waals surface area contributed by atoms with Crippen LogP contribution in [0.5, 0.6) is 0 Å². The number of methoxy groups -OCH3 is 1. The van der Waals surface area contributed by atoms with Crippen LogP contribution in [-0.2, 0) is 24.8 Å². The van der Waals surface area contributed by atoms with Crippen molar-refractivity contribution in [2.24, 2.45) is 0 Å². The maximum atomic E-state index is 11.7. The molecule has 0 fully saturated rings. The summed E-state index contributed by atoms with van der Waals surface area (Å²) in [6, 6.07) is 8.49. The van der Waals surface area contributed by atoms with E-state index in [-0.39, 0.29) is 0 Å². The predicted octanol–water partition coefficient (Wildman–Crippen LogP) is 2.34. The molecule has 16 heavy (non-hydrogen) atoms. The number of carbonyl (C=O) groups is 1. The molecule has 1 atom stereocenters. The molecule has 4 nitrogen and oxygen atoms in total. The van der Waals surface area contributed by atoms with Gasteiger partial charge in [-0.05, 0) is 44.0 Å². The maximum absolute atomic E-state index is 11.7. The summed E-state index contributed by atoms with van der Waals surface area (Å²) in [5.74, 6) is -0.725. The number of hydrogen-bond acceptors (Lipinski definition) is 4. The molecule has 0 radical (unpaired) electrons. The molecule has 0 saturated heterocycles. The van der Waals surface area contributed by atoms with Crippen molar-refractivity contribution in [3.05, 3.63) is 30.3 Å². The van der Waals surface area contributed by atoms with Crippen LogP contribution in [0.1, 0.15) is 0 Å². The molecular formula is C9H8Br2O4S. The van der Waals surface area contributed by atoms with Crippen LogP contribution in [0.15, 0.2) is 35.2 Å². The largest absolute Gasteiger partial charge is 0.466 e. The standard InChI is InChI=1S/C9H8Br2O4S/c1-14-8(12)9(10,11)15-16(13)7-5-3-2-4-6-7/h2-6H,1H3. The Kier molecular flexibility index (Phi) is 5.10. The zero-order valence-corrected chi connectivity index (χ0v) is 12.2. The van der Waals surface area contributed by atoms with E-state index in [0.29, 0.717) is 4.90 Å². The van der Waals surface area contributed by atoms with Crippen LogP contribution in [0.3, 0.4) is 0 Å². The second-order valence-electron chi connectivity index (χ2n) is 2.64. The molecule has 0 aliphatic heterocycles. The number of hydrogen-bond donors (Lipinski definition) is 0. The Labute approximate surface area is 112 Å². The zero-order chi connectivity index (χ0) is 12.2. The van der Waals surface area contributed by atoms with E-state index in [1.54, 1.807) is 30.3 Å². The third-order valence-corrected chi connectivity index (χ3v) is 4.00. The summed E-state index contributed by atoms with van der Waals surface area (Å²) in [6.07, 6.45) is 0. The molecule has 1 unspecified atom stereocenters. The van der Waals surface area contributed by atoms with Gasteiger partial charge in [-0.1, -0.05) is 18.2 Å². The van der Waals surface area contributed by atoms with Gasteiger partial charge in [-0.15, -0.1) is 0 Å². The lowest BCUT2D eigenvalue weighted by molar-refractivity contribution is -0.145. The fourth-order valence-corrected chi connectivity index (χ4v) is 2.61. The third-order valence-electron chi connectivity index (χ3n) is 1.54. The van der Waals surface area contributed by atoms with E-state index in [1.165, 1.54) is 7.11 Å². The van der Waals surface area contributed by atoms with Crippen molar-refractivity contribution in [3.8, 4) is 0 Å². The van der Waals surface area contributed by atoms with Gasteiger partial charge in [0, 0.05) is 0 Å². The summed E-state index contributed by atoms with van der Waals surface area (Å²) in [4.78, 5) is 11.7. The minimum absolute atomic E-state index is 0.453. The molecule has 0 amide bonds. The van der Waals surface area contributed by atoms with Crippen LogP contribution in [0, 0.1) is 0 Å². The Hall–Kier alpha value is -0.240. The van der Waals surface area contributed by atoms with Gasteiger partial charge < -0.3 is 4.74 Å². The number of esters is 1. The number of halogens is 2. The Balaban J connectivity index is 2.76. The first-order valence-corrected chi connectivity index (χ1v) is 6.76. The molecule has 88 valence electrons. The van der Waals surface area contributed by atoms with Crippen molar-refractivity contribution in [2.75, 3.05) is 7.11 Å². The van der Waals surface area contributed by atoms with E-state index in [0.717, 1.165) is 0 Å². The minimum Gasteiger partial charge on any atom is -0.466 e. The molecule has 0 spiro atoms. The Bertz CT molecular complexity index is 394. The molecular weight excluding hydrogens is 364 g/mol. The van der Waals surface area contributed by atoms with Crippen molar-refractivity contribution in [3.63, 3.8) is 0 Å². The van der Waals surface area contributed by atoms with E-state index in [1.807, 2.05) is 0 Å². The van der Waals surface area contributed by atoms with E-state index < -0.39 is 20.5 Å². The van der Waals surface area contributed by atoms with Crippen LogP contribution in [-0.4, -0.2) is 20.7 Å². The Morgan fingerprint density at radius 3 is 2.38 bits per heavy atom. The minimum atomic E-state index is -1.77. The van der Waals surface area contributed by atoms with Crippen LogP contribution in [0.25, 0.3) is 0 Å². The normalized spacial score (nSPS) is 13.2. The summed E-state index contributed by atoms with van der Waals surface area (Å²) in [6.45, 7) is 0. The fraction of sp³-hybridized carbons (Fsp3) is 0.222. The van der Waals surface area contributed by atoms with Gasteiger partial charge in [0.1, 0.15) is 0 Å². The number of rotatable bonds is 4. The van der Waals surface area contributed by atoms with Gasteiger partial charge >= 0.3 is 5.97 Å². The number of alkyl halides is 2. The molecule has 1 aromatic rings. The number of carbonyl (C=O) groups excluding carboxylic acids is 1. The molecule has 0 bridgehead atoms. The van der Waals surface area contributed by atoms with E-state index in [9.17, 15) is 9.00 Å². The monoisotopic (exact) mass is 370 g/mol. The zero-order valence-electron chi connectivity index (χ0n) is 8.18. The smallest absolute Gasteiger partial charge is 0.362 e. The highest BCUT2D eigenvalue weighted by Crippen LogP contribution is 2.31. The lowest BCUT2D eigenvalue weighted by atomic mass is 10.4. The highest BCUT2D eigenvalue weighted by atomic mass is 79.9. The summed E-state index contributed by atoms with van der Waals surface area (Å²) in [5.41, 5.74) is 0. The molecule has 0 aromatic heterocycles. The molecule has 0 N–H and O–H groups in total. The van der Waals surface area contributed by atoms with Crippen molar-refractivity contribution < 1.29 is 17.9 Å². The van der Waals surface area contributed by atoms with Crippen LogP contribution < -0.4 is 0 Å². The van der Waals surface area contributed by atoms with Crippen LogP contribution in [0.4, 0.5) is 0 Å². The van der Waals surface area contributed by atoms with E-state index in [4.69, 9.17) is 4.18 Å². The summed E-state index contributed by atoms with van der Waals surface area (Å²) in [7, 11) is 1.20. The molecule has 1 aromatic carbocycles. The molecule has 0 heterocycles. The van der Waals surface area contributed by atoms with Crippen molar-refractivity contribution >= 4 is 48.9 Å². The maximum Gasteiger partial charge on any atom is 0.362 e. The van der Waals surface area contributed by atoms with Gasteiger partial charge in [0.05, 0.1) is 12.0 Å². The summed E-state index contributed by atoms with van der Waals surface area (Å²) in [5, 5.41) is 0. The topological polar surface area (TPSA) is 52.6 Å². The van der Waals surface area contributed by atoms with Gasteiger partial charge in [-0.25, -0.2) is 13.2 Å². The lowest BCUT2D eigenvalue weighted by Crippen LogP contribution is -2.30.